The summed E-state index contributed by atoms with van der Waals surface area (Å²) in [5.41, 5.74) is 0.720. The Hall–Kier alpha value is -4.13. The summed E-state index contributed by atoms with van der Waals surface area (Å²) < 4.78 is 42.0. The molecule has 4 N–H and O–H groups in total. The Morgan fingerprint density at radius 2 is 1.23 bits per heavy atom. The van der Waals surface area contributed by atoms with Crippen molar-refractivity contribution < 1.29 is 38.9 Å². The number of rotatable bonds is 20. The number of Topliss-reactive ketones (excluding diaryl/α,β-unsaturated/α-hetero) is 1. The van der Waals surface area contributed by atoms with Gasteiger partial charge in [-0.05, 0) is 55.6 Å². The van der Waals surface area contributed by atoms with E-state index < -0.39 is 73.1 Å². The average molecular weight is 724 g/mol. The number of amides is 4. The molecule has 0 unspecified atom stereocenters. The summed E-state index contributed by atoms with van der Waals surface area (Å²) >= 11 is 0. The van der Waals surface area contributed by atoms with Gasteiger partial charge in [-0.1, -0.05) is 88.4 Å². The molecule has 0 bridgehead atoms. The maximum absolute atomic E-state index is 14.1. The van der Waals surface area contributed by atoms with Gasteiger partial charge in [0.1, 0.15) is 23.7 Å². The van der Waals surface area contributed by atoms with Crippen molar-refractivity contribution in [3.63, 3.8) is 0 Å². The highest BCUT2D eigenvalue weighted by atomic mass is 16.6. The zero-order valence-electron chi connectivity index (χ0n) is 34.9. The van der Waals surface area contributed by atoms with Crippen LogP contribution < -0.4 is 21.3 Å². The van der Waals surface area contributed by atoms with Crippen molar-refractivity contribution in [3.8, 4) is 0 Å². The molecule has 0 saturated carbocycles. The quantitative estimate of drug-likeness (QED) is 0.152. The highest BCUT2D eigenvalue weighted by Gasteiger charge is 2.50. The summed E-state index contributed by atoms with van der Waals surface area (Å²) in [5.74, 6) is -2.65. The Kier molecular flexibility index (Phi) is 13.2. The number of benzene rings is 2. The molecular weight excluding hydrogens is 662 g/mol. The van der Waals surface area contributed by atoms with Crippen molar-refractivity contribution in [3.05, 3.63) is 71.8 Å². The van der Waals surface area contributed by atoms with E-state index in [1.54, 1.807) is 6.92 Å². The van der Waals surface area contributed by atoms with Gasteiger partial charge in [-0.3, -0.25) is 28.9 Å². The van der Waals surface area contributed by atoms with Gasteiger partial charge >= 0.3 is 0 Å². The summed E-state index contributed by atoms with van der Waals surface area (Å²) in [6.45, 7) is 3.87. The number of epoxide rings is 1. The number of nitrogens with zero attached hydrogens (tertiary/aromatic N) is 1. The number of aryl methyl sites for hydroxylation is 1. The SMILES string of the molecule is [2H]C1([2H])CN(CC(=O)N[C@@H](CCc2ccccc2)C(=O)N[C@@H](CC(C)C)C(=O)N[C@@H](Cc2ccccc2)C(=O)N[C@@H](CC(C)C)C(=O)[C@@]2(C)CO2)CC([2H])([2H])O1. The van der Waals surface area contributed by atoms with Crippen molar-refractivity contribution in [2.24, 2.45) is 11.8 Å². The topological polar surface area (TPSA) is 158 Å². The third-order valence-corrected chi connectivity index (χ3v) is 9.00. The van der Waals surface area contributed by atoms with Gasteiger partial charge in [-0.25, -0.2) is 0 Å². The van der Waals surface area contributed by atoms with Crippen LogP contribution in [0.3, 0.4) is 0 Å². The lowest BCUT2D eigenvalue weighted by Crippen LogP contribution is -2.59. The number of carbonyl (C=O) groups excluding carboxylic acids is 5. The van der Waals surface area contributed by atoms with Gasteiger partial charge in [-0.15, -0.1) is 0 Å². The standard InChI is InChI=1S/C40H57N5O7/c1-27(2)22-32(36(47)40(5)26-52-40)42-39(50)34(24-30-14-10-7-11-15-30)44-38(49)33(23-28(3)4)43-37(48)31(17-16-29-12-8-6-9-13-29)41-35(46)25-45-18-20-51-21-19-45/h6-15,27-28,31-34H,16-26H2,1-5H3,(H,41,46)(H,42,50)(H,43,48)(H,44,49)/t31-,32-,33-,34-,40+/m0/s1/i20D2,21D2. The molecule has 2 fully saturated rings. The molecule has 2 saturated heterocycles. The minimum Gasteiger partial charge on any atom is -0.379 e. The Morgan fingerprint density at radius 3 is 1.81 bits per heavy atom. The highest BCUT2D eigenvalue weighted by molar-refractivity contribution is 5.98. The van der Waals surface area contributed by atoms with Crippen LogP contribution in [0.15, 0.2) is 60.7 Å². The largest absolute Gasteiger partial charge is 0.379 e. The van der Waals surface area contributed by atoms with Crippen molar-refractivity contribution >= 4 is 29.4 Å². The third kappa shape index (κ3) is 13.1. The number of carbonyl (C=O) groups is 5. The number of morpholine rings is 1. The fourth-order valence-electron chi connectivity index (χ4n) is 6.03. The van der Waals surface area contributed by atoms with E-state index in [-0.39, 0.29) is 56.6 Å². The van der Waals surface area contributed by atoms with Crippen molar-refractivity contribution in [1.82, 2.24) is 26.2 Å². The lowest BCUT2D eigenvalue weighted by molar-refractivity contribution is -0.135. The summed E-state index contributed by atoms with van der Waals surface area (Å²) in [4.78, 5) is 70.1. The van der Waals surface area contributed by atoms with Crippen LogP contribution in [0.5, 0.6) is 0 Å². The zero-order chi connectivity index (χ0) is 41.3. The van der Waals surface area contributed by atoms with E-state index in [2.05, 4.69) is 21.3 Å². The van der Waals surface area contributed by atoms with E-state index in [4.69, 9.17) is 15.0 Å². The molecule has 0 spiro atoms. The summed E-state index contributed by atoms with van der Waals surface area (Å²) in [5, 5.41) is 11.3. The van der Waals surface area contributed by atoms with E-state index in [9.17, 15) is 24.0 Å². The van der Waals surface area contributed by atoms with Crippen LogP contribution in [0.2, 0.25) is 0 Å². The summed E-state index contributed by atoms with van der Waals surface area (Å²) in [6.07, 6.45) is 1.27. The maximum atomic E-state index is 14.1. The maximum Gasteiger partial charge on any atom is 0.243 e. The van der Waals surface area contributed by atoms with E-state index >= 15 is 0 Å². The first-order chi connectivity index (χ1) is 26.2. The average Bonchev–Trinajstić information content (AvgIpc) is 3.85. The minimum atomic E-state index is -2.33. The number of hydrogen-bond acceptors (Lipinski definition) is 8. The highest BCUT2D eigenvalue weighted by Crippen LogP contribution is 2.29. The smallest absolute Gasteiger partial charge is 0.243 e. The number of hydrogen-bond donors (Lipinski definition) is 4. The minimum absolute atomic E-state index is 0.0662. The fourth-order valence-corrected chi connectivity index (χ4v) is 6.03. The first-order valence-corrected chi connectivity index (χ1v) is 18.1. The van der Waals surface area contributed by atoms with Crippen molar-refractivity contribution in [1.29, 1.82) is 0 Å². The van der Waals surface area contributed by atoms with Crippen molar-refractivity contribution in [2.45, 2.75) is 96.5 Å². The zero-order valence-corrected chi connectivity index (χ0v) is 30.9. The van der Waals surface area contributed by atoms with Gasteiger partial charge < -0.3 is 30.7 Å². The molecular formula is C40H57N5O7. The number of ketones is 1. The van der Waals surface area contributed by atoms with Crippen LogP contribution in [0.4, 0.5) is 0 Å². The van der Waals surface area contributed by atoms with E-state index in [0.29, 0.717) is 12.8 Å². The Morgan fingerprint density at radius 1 is 0.731 bits per heavy atom. The molecule has 2 aromatic rings. The third-order valence-electron chi connectivity index (χ3n) is 9.00. The van der Waals surface area contributed by atoms with E-state index in [1.807, 2.05) is 88.4 Å². The molecule has 2 aromatic carbocycles. The molecule has 52 heavy (non-hydrogen) atoms. The van der Waals surface area contributed by atoms with Gasteiger partial charge in [0.2, 0.25) is 23.6 Å². The van der Waals surface area contributed by atoms with Crippen LogP contribution in [0.25, 0.3) is 0 Å². The van der Waals surface area contributed by atoms with Crippen LogP contribution >= 0.6 is 0 Å². The second kappa shape index (κ2) is 19.6. The van der Waals surface area contributed by atoms with Gasteiger partial charge in [0.25, 0.3) is 0 Å². The van der Waals surface area contributed by atoms with Gasteiger partial charge in [0.05, 0.1) is 37.8 Å². The lowest BCUT2D eigenvalue weighted by Gasteiger charge is -2.29. The van der Waals surface area contributed by atoms with Gasteiger partial charge in [0.15, 0.2) is 5.78 Å². The first-order valence-electron chi connectivity index (χ1n) is 20.1. The van der Waals surface area contributed by atoms with E-state index in [0.717, 1.165) is 11.1 Å². The molecule has 4 amide bonds. The molecule has 0 aromatic heterocycles. The second-order valence-corrected chi connectivity index (χ2v) is 14.7. The lowest BCUT2D eigenvalue weighted by atomic mass is 9.93. The predicted octanol–water partition coefficient (Wildman–Crippen LogP) is 2.58. The molecule has 0 aliphatic carbocycles. The summed E-state index contributed by atoms with van der Waals surface area (Å²) in [7, 11) is 0. The Labute approximate surface area is 313 Å². The molecule has 0 radical (unpaired) electrons. The molecule has 284 valence electrons. The van der Waals surface area contributed by atoms with Crippen LogP contribution in [-0.4, -0.2) is 103 Å². The van der Waals surface area contributed by atoms with Gasteiger partial charge in [0, 0.05) is 19.5 Å². The molecule has 2 aliphatic heterocycles. The number of nitrogens with one attached hydrogen (secondary N) is 4. The normalized spacial score (nSPS) is 22.7. The summed E-state index contributed by atoms with van der Waals surface area (Å²) in [6, 6.07) is 14.3. The molecule has 4 rings (SSSR count). The molecule has 2 aliphatic rings. The van der Waals surface area contributed by atoms with E-state index in [1.165, 1.54) is 4.90 Å². The Bertz CT molecular complexity index is 1640. The fraction of sp³-hybridized carbons (Fsp3) is 0.575. The van der Waals surface area contributed by atoms with Gasteiger partial charge in [-0.2, -0.15) is 0 Å². The molecule has 5 atom stereocenters. The molecule has 12 heteroatoms. The Balaban J connectivity index is 1.53. The monoisotopic (exact) mass is 723 g/mol. The number of ether oxygens (including phenoxy) is 2. The second-order valence-electron chi connectivity index (χ2n) is 14.7. The molecule has 2 heterocycles. The first kappa shape index (κ1) is 34.9. The van der Waals surface area contributed by atoms with Crippen LogP contribution in [-0.2, 0) is 46.3 Å². The predicted molar refractivity (Wildman–Crippen MR) is 198 cm³/mol. The van der Waals surface area contributed by atoms with Crippen LogP contribution in [0.1, 0.15) is 70.5 Å². The molecule has 12 nitrogen and oxygen atoms in total. The van der Waals surface area contributed by atoms with Crippen LogP contribution in [0, 0.1) is 11.8 Å². The van der Waals surface area contributed by atoms with Crippen molar-refractivity contribution in [2.75, 3.05) is 39.4 Å².